The monoisotopic (exact) mass is 353 g/mol. The summed E-state index contributed by atoms with van der Waals surface area (Å²) in [6, 6.07) is 14.9. The summed E-state index contributed by atoms with van der Waals surface area (Å²) < 4.78 is 5.10. The molecule has 2 aromatic rings. The minimum atomic E-state index is -0.278. The lowest BCUT2D eigenvalue weighted by Crippen LogP contribution is -2.28. The molecule has 1 aliphatic carbocycles. The van der Waals surface area contributed by atoms with Crippen LogP contribution in [0.15, 0.2) is 48.5 Å². The summed E-state index contributed by atoms with van der Waals surface area (Å²) in [5.74, 6) is 0.828. The predicted molar refractivity (Wildman–Crippen MR) is 100 cm³/mol. The quantitative estimate of drug-likeness (QED) is 0.716. The Morgan fingerprint density at radius 3 is 2.27 bits per heavy atom. The van der Waals surface area contributed by atoms with Crippen LogP contribution in [0.2, 0.25) is 0 Å². The SMILES string of the molecule is COc1ccc(CNC(=O)Nc2ccc(CC(=O)NC3CC3)cc2)cc1. The molecule has 3 rings (SSSR count). The number of benzene rings is 2. The molecule has 3 N–H and O–H groups in total. The topological polar surface area (TPSA) is 79.5 Å². The fraction of sp³-hybridized carbons (Fsp3) is 0.300. The molecule has 0 saturated heterocycles. The number of urea groups is 1. The van der Waals surface area contributed by atoms with Crippen molar-refractivity contribution in [2.75, 3.05) is 12.4 Å². The first-order valence-corrected chi connectivity index (χ1v) is 8.68. The average Bonchev–Trinajstić information content (AvgIpc) is 3.46. The van der Waals surface area contributed by atoms with E-state index in [0.717, 1.165) is 29.7 Å². The maximum atomic E-state index is 12.0. The molecule has 0 unspecified atom stereocenters. The van der Waals surface area contributed by atoms with E-state index in [-0.39, 0.29) is 11.9 Å². The summed E-state index contributed by atoms with van der Waals surface area (Å²) in [6.07, 6.45) is 2.53. The molecule has 1 aliphatic rings. The molecule has 0 atom stereocenters. The van der Waals surface area contributed by atoms with Gasteiger partial charge in [-0.1, -0.05) is 24.3 Å². The van der Waals surface area contributed by atoms with E-state index < -0.39 is 0 Å². The number of methoxy groups -OCH3 is 1. The van der Waals surface area contributed by atoms with E-state index in [9.17, 15) is 9.59 Å². The molecule has 2 aromatic carbocycles. The Hall–Kier alpha value is -3.02. The van der Waals surface area contributed by atoms with Gasteiger partial charge >= 0.3 is 6.03 Å². The van der Waals surface area contributed by atoms with E-state index >= 15 is 0 Å². The molecular formula is C20H23N3O3. The predicted octanol–water partition coefficient (Wildman–Crippen LogP) is 2.84. The Bertz CT molecular complexity index is 753. The first-order valence-electron chi connectivity index (χ1n) is 8.68. The third kappa shape index (κ3) is 5.51. The molecule has 0 heterocycles. The van der Waals surface area contributed by atoms with Crippen molar-refractivity contribution in [2.24, 2.45) is 0 Å². The van der Waals surface area contributed by atoms with Crippen LogP contribution in [0.4, 0.5) is 10.5 Å². The van der Waals surface area contributed by atoms with Gasteiger partial charge < -0.3 is 20.7 Å². The highest BCUT2D eigenvalue weighted by Crippen LogP contribution is 2.19. The molecule has 0 bridgehead atoms. The third-order valence-corrected chi connectivity index (χ3v) is 4.13. The van der Waals surface area contributed by atoms with E-state index in [1.54, 1.807) is 19.2 Å². The van der Waals surface area contributed by atoms with E-state index in [1.165, 1.54) is 0 Å². The summed E-state index contributed by atoms with van der Waals surface area (Å²) >= 11 is 0. The first-order chi connectivity index (χ1) is 12.6. The van der Waals surface area contributed by atoms with Crippen molar-refractivity contribution in [3.8, 4) is 5.75 Å². The smallest absolute Gasteiger partial charge is 0.319 e. The second-order valence-electron chi connectivity index (χ2n) is 6.37. The summed E-state index contributed by atoms with van der Waals surface area (Å²) in [5, 5.41) is 8.55. The Balaban J connectivity index is 1.43. The molecule has 6 nitrogen and oxygen atoms in total. The van der Waals surface area contributed by atoms with E-state index in [0.29, 0.717) is 24.7 Å². The van der Waals surface area contributed by atoms with E-state index in [4.69, 9.17) is 4.74 Å². The van der Waals surface area contributed by atoms with Crippen LogP contribution < -0.4 is 20.7 Å². The highest BCUT2D eigenvalue weighted by atomic mass is 16.5. The Kier molecular flexibility index (Phi) is 5.73. The van der Waals surface area contributed by atoms with Crippen LogP contribution in [0.3, 0.4) is 0 Å². The van der Waals surface area contributed by atoms with Gasteiger partial charge in [0.1, 0.15) is 5.75 Å². The van der Waals surface area contributed by atoms with Crippen LogP contribution in [0.5, 0.6) is 5.75 Å². The normalized spacial score (nSPS) is 13.0. The number of nitrogens with one attached hydrogen (secondary N) is 3. The van der Waals surface area contributed by atoms with Crippen LogP contribution in [-0.2, 0) is 17.8 Å². The zero-order valence-electron chi connectivity index (χ0n) is 14.7. The average molecular weight is 353 g/mol. The van der Waals surface area contributed by atoms with Crippen molar-refractivity contribution in [2.45, 2.75) is 31.8 Å². The number of anilines is 1. The number of carbonyl (C=O) groups excluding carboxylic acids is 2. The second-order valence-corrected chi connectivity index (χ2v) is 6.37. The summed E-state index contributed by atoms with van der Waals surface area (Å²) in [4.78, 5) is 23.8. The molecule has 1 fully saturated rings. The maximum Gasteiger partial charge on any atom is 0.319 e. The van der Waals surface area contributed by atoms with Crippen LogP contribution in [-0.4, -0.2) is 25.1 Å². The number of rotatable bonds is 7. The number of carbonyl (C=O) groups is 2. The zero-order chi connectivity index (χ0) is 18.4. The lowest BCUT2D eigenvalue weighted by Gasteiger charge is -2.09. The molecule has 3 amide bonds. The van der Waals surface area contributed by atoms with Gasteiger partial charge in [-0.05, 0) is 48.2 Å². The Morgan fingerprint density at radius 2 is 1.65 bits per heavy atom. The molecule has 0 spiro atoms. The third-order valence-electron chi connectivity index (χ3n) is 4.13. The Labute approximate surface area is 152 Å². The van der Waals surface area contributed by atoms with Crippen molar-refractivity contribution < 1.29 is 14.3 Å². The standard InChI is InChI=1S/C20H23N3O3/c1-26-18-10-4-15(5-11-18)13-21-20(25)23-17-6-2-14(3-7-17)12-19(24)22-16-8-9-16/h2-7,10-11,16H,8-9,12-13H2,1H3,(H,22,24)(H2,21,23,25). The van der Waals surface area contributed by atoms with Gasteiger partial charge in [-0.3, -0.25) is 4.79 Å². The van der Waals surface area contributed by atoms with Crippen molar-refractivity contribution in [1.82, 2.24) is 10.6 Å². The summed E-state index contributed by atoms with van der Waals surface area (Å²) in [6.45, 7) is 0.426. The second kappa shape index (κ2) is 8.38. The van der Waals surface area contributed by atoms with Gasteiger partial charge in [0.2, 0.25) is 5.91 Å². The summed E-state index contributed by atoms with van der Waals surface area (Å²) in [5.41, 5.74) is 2.59. The van der Waals surface area contributed by atoms with Crippen LogP contribution in [0.25, 0.3) is 0 Å². The lowest BCUT2D eigenvalue weighted by molar-refractivity contribution is -0.120. The molecule has 26 heavy (non-hydrogen) atoms. The van der Waals surface area contributed by atoms with Crippen molar-refractivity contribution in [3.05, 3.63) is 59.7 Å². The summed E-state index contributed by atoms with van der Waals surface area (Å²) in [7, 11) is 1.62. The largest absolute Gasteiger partial charge is 0.497 e. The highest BCUT2D eigenvalue weighted by molar-refractivity contribution is 5.89. The molecule has 0 aromatic heterocycles. The van der Waals surface area contributed by atoms with Crippen LogP contribution in [0, 0.1) is 0 Å². The van der Waals surface area contributed by atoms with Crippen molar-refractivity contribution in [1.29, 1.82) is 0 Å². The minimum Gasteiger partial charge on any atom is -0.497 e. The first kappa shape index (κ1) is 17.8. The molecule has 0 radical (unpaired) electrons. The number of hydrogen-bond acceptors (Lipinski definition) is 3. The van der Waals surface area contributed by atoms with Crippen molar-refractivity contribution in [3.63, 3.8) is 0 Å². The number of ether oxygens (including phenoxy) is 1. The van der Waals surface area contributed by atoms with Crippen LogP contribution >= 0.6 is 0 Å². The van der Waals surface area contributed by atoms with E-state index in [2.05, 4.69) is 16.0 Å². The number of amides is 3. The molecule has 136 valence electrons. The lowest BCUT2D eigenvalue weighted by atomic mass is 10.1. The van der Waals surface area contributed by atoms with Gasteiger partial charge in [0.05, 0.1) is 13.5 Å². The van der Waals surface area contributed by atoms with Gasteiger partial charge in [0.15, 0.2) is 0 Å². The van der Waals surface area contributed by atoms with Crippen molar-refractivity contribution >= 4 is 17.6 Å². The fourth-order valence-electron chi connectivity index (χ4n) is 2.50. The zero-order valence-corrected chi connectivity index (χ0v) is 14.7. The maximum absolute atomic E-state index is 12.0. The van der Waals surface area contributed by atoms with Gasteiger partial charge in [0.25, 0.3) is 0 Å². The highest BCUT2D eigenvalue weighted by Gasteiger charge is 2.22. The number of hydrogen-bond donors (Lipinski definition) is 3. The van der Waals surface area contributed by atoms with Gasteiger partial charge in [0, 0.05) is 18.3 Å². The Morgan fingerprint density at radius 1 is 1.00 bits per heavy atom. The van der Waals surface area contributed by atoms with E-state index in [1.807, 2.05) is 36.4 Å². The van der Waals surface area contributed by atoms with Gasteiger partial charge in [-0.25, -0.2) is 4.79 Å². The fourth-order valence-corrected chi connectivity index (χ4v) is 2.50. The van der Waals surface area contributed by atoms with Gasteiger partial charge in [-0.15, -0.1) is 0 Å². The minimum absolute atomic E-state index is 0.0467. The molecule has 1 saturated carbocycles. The molecule has 6 heteroatoms. The van der Waals surface area contributed by atoms with Gasteiger partial charge in [-0.2, -0.15) is 0 Å². The van der Waals surface area contributed by atoms with Crippen LogP contribution in [0.1, 0.15) is 24.0 Å². The molecular weight excluding hydrogens is 330 g/mol. The molecule has 0 aliphatic heterocycles.